The third-order valence-corrected chi connectivity index (χ3v) is 8.69. The molecule has 0 bridgehead atoms. The number of carbonyl (C=O) groups is 3. The molecule has 0 radical (unpaired) electrons. The number of imidazole rings is 1. The maximum absolute atomic E-state index is 13.3. The molecule has 234 valence electrons. The molecule has 45 heavy (non-hydrogen) atoms. The molecule has 2 aliphatic rings. The smallest absolute Gasteiger partial charge is 0.277 e. The highest BCUT2D eigenvalue weighted by Gasteiger charge is 2.39. The highest BCUT2D eigenvalue weighted by atomic mass is 16.5. The van der Waals surface area contributed by atoms with Crippen LogP contribution in [0.2, 0.25) is 0 Å². The highest BCUT2D eigenvalue weighted by Crippen LogP contribution is 2.28. The van der Waals surface area contributed by atoms with E-state index in [4.69, 9.17) is 9.47 Å². The Morgan fingerprint density at radius 2 is 1.80 bits per heavy atom. The van der Waals surface area contributed by atoms with Gasteiger partial charge < -0.3 is 19.5 Å². The van der Waals surface area contributed by atoms with Gasteiger partial charge in [0.2, 0.25) is 0 Å². The summed E-state index contributed by atoms with van der Waals surface area (Å²) in [6.07, 6.45) is 1.87. The van der Waals surface area contributed by atoms with Crippen molar-refractivity contribution in [1.82, 2.24) is 19.4 Å². The van der Waals surface area contributed by atoms with Crippen molar-refractivity contribution < 1.29 is 33.5 Å². The van der Waals surface area contributed by atoms with Crippen molar-refractivity contribution in [2.24, 2.45) is 5.92 Å². The average molecular weight is 613 g/mol. The highest BCUT2D eigenvalue weighted by molar-refractivity contribution is 6.21. The van der Waals surface area contributed by atoms with Gasteiger partial charge in [-0.05, 0) is 63.1 Å². The summed E-state index contributed by atoms with van der Waals surface area (Å²) in [6, 6.07) is 16.0. The Labute approximate surface area is 261 Å². The zero-order valence-corrected chi connectivity index (χ0v) is 25.9. The molecule has 2 aliphatic heterocycles. The minimum absolute atomic E-state index is 0.0398. The number of hydrogen-bond donors (Lipinski definition) is 1. The summed E-state index contributed by atoms with van der Waals surface area (Å²) in [5, 5.41) is 10.1. The number of imide groups is 1. The number of pyridine rings is 1. The van der Waals surface area contributed by atoms with Gasteiger partial charge in [-0.1, -0.05) is 12.1 Å². The van der Waals surface area contributed by atoms with Gasteiger partial charge in [0.15, 0.2) is 17.6 Å². The Kier molecular flexibility index (Phi) is 8.53. The van der Waals surface area contributed by atoms with Gasteiger partial charge in [0, 0.05) is 37.9 Å². The topological polar surface area (TPSA) is 118 Å². The molecule has 1 saturated heterocycles. The predicted molar refractivity (Wildman–Crippen MR) is 165 cm³/mol. The fraction of sp³-hybridized carbons (Fsp3) is 0.382. The van der Waals surface area contributed by atoms with E-state index in [0.717, 1.165) is 41.9 Å². The Bertz CT molecular complexity index is 1740. The van der Waals surface area contributed by atoms with Crippen LogP contribution in [0.25, 0.3) is 11.0 Å². The van der Waals surface area contributed by atoms with Gasteiger partial charge >= 0.3 is 0 Å². The third kappa shape index (κ3) is 6.00. The Hall–Kier alpha value is -4.77. The number of aromatic nitrogens is 3. The fourth-order valence-electron chi connectivity index (χ4n) is 6.19. The molecule has 0 saturated carbocycles. The van der Waals surface area contributed by atoms with E-state index in [9.17, 15) is 19.5 Å². The summed E-state index contributed by atoms with van der Waals surface area (Å²) in [7, 11) is 1.64. The van der Waals surface area contributed by atoms with Crippen LogP contribution in [0.4, 0.5) is 0 Å². The van der Waals surface area contributed by atoms with Crippen LogP contribution in [0.1, 0.15) is 57.7 Å². The van der Waals surface area contributed by atoms with Crippen molar-refractivity contribution in [3.8, 4) is 11.5 Å². The molecule has 11 heteroatoms. The molecule has 11 nitrogen and oxygen atoms in total. The monoisotopic (exact) mass is 612 g/mol. The minimum Gasteiger partial charge on any atom is -0.506 e. The molecular formula is C34H38N5O6+. The van der Waals surface area contributed by atoms with E-state index in [2.05, 4.69) is 14.1 Å². The van der Waals surface area contributed by atoms with Gasteiger partial charge in [-0.15, -0.1) is 0 Å². The fourth-order valence-corrected chi connectivity index (χ4v) is 6.19. The van der Waals surface area contributed by atoms with Gasteiger partial charge in [-0.3, -0.25) is 24.3 Å². The van der Waals surface area contributed by atoms with Crippen LogP contribution in [0.5, 0.6) is 11.5 Å². The van der Waals surface area contributed by atoms with Crippen LogP contribution >= 0.6 is 0 Å². The first kappa shape index (κ1) is 30.3. The van der Waals surface area contributed by atoms with Crippen LogP contribution in [0.3, 0.4) is 0 Å². The second-order valence-corrected chi connectivity index (χ2v) is 11.7. The second kappa shape index (κ2) is 12.7. The third-order valence-electron chi connectivity index (χ3n) is 8.69. The quantitative estimate of drug-likeness (QED) is 0.215. The van der Waals surface area contributed by atoms with E-state index >= 15 is 0 Å². The largest absolute Gasteiger partial charge is 0.506 e. The van der Waals surface area contributed by atoms with E-state index in [0.29, 0.717) is 48.2 Å². The normalized spacial score (nSPS) is 15.1. The molecule has 2 aromatic carbocycles. The zero-order valence-electron chi connectivity index (χ0n) is 25.9. The second-order valence-electron chi connectivity index (χ2n) is 11.7. The number of rotatable bonds is 10. The molecule has 1 N–H and O–H groups in total. The summed E-state index contributed by atoms with van der Waals surface area (Å²) in [6.45, 7) is 6.72. The maximum Gasteiger partial charge on any atom is 0.277 e. The van der Waals surface area contributed by atoms with Crippen LogP contribution in [-0.4, -0.2) is 69.0 Å². The number of amides is 3. The van der Waals surface area contributed by atoms with Gasteiger partial charge in [-0.2, -0.15) is 0 Å². The van der Waals surface area contributed by atoms with E-state index in [1.807, 2.05) is 32.0 Å². The van der Waals surface area contributed by atoms with E-state index in [1.54, 1.807) is 43.4 Å². The van der Waals surface area contributed by atoms with E-state index in [1.165, 1.54) is 9.80 Å². The van der Waals surface area contributed by atoms with Gasteiger partial charge in [-0.25, -0.2) is 9.13 Å². The molecular weight excluding hydrogens is 574 g/mol. The molecule has 0 unspecified atom stereocenters. The summed E-state index contributed by atoms with van der Waals surface area (Å²) < 4.78 is 15.9. The summed E-state index contributed by atoms with van der Waals surface area (Å²) in [5.41, 5.74) is 3.89. The molecule has 0 aliphatic carbocycles. The Balaban J connectivity index is 1.27. The van der Waals surface area contributed by atoms with Crippen LogP contribution in [-0.2, 0) is 35.7 Å². The number of likely N-dealkylation sites (N-methyl/N-ethyl adjacent to an activating group) is 1. The zero-order chi connectivity index (χ0) is 31.7. The van der Waals surface area contributed by atoms with Crippen LogP contribution in [0.15, 0.2) is 54.6 Å². The standard InChI is InChI=1S/C34H37N5O6/c1-4-37-29-17-24(45-21-32(41)36(3)19-27-30(40)12-9-22(2)35-27)10-11-28(29)38(18-23-13-15-44-16-14-23)31(37)20-39-33(42)25-7-5-6-8-26(25)34(39)43/h5-12,17,23H,4,13-16,18-21H2,1-3H3/p+1. The Morgan fingerprint density at radius 1 is 1.09 bits per heavy atom. The van der Waals surface area contributed by atoms with E-state index < -0.39 is 0 Å². The maximum atomic E-state index is 13.3. The lowest BCUT2D eigenvalue weighted by Crippen LogP contribution is -2.45. The van der Waals surface area contributed by atoms with Crippen molar-refractivity contribution >= 4 is 28.8 Å². The average Bonchev–Trinajstić information content (AvgIpc) is 3.47. The first-order valence-electron chi connectivity index (χ1n) is 15.3. The molecule has 6 rings (SSSR count). The summed E-state index contributed by atoms with van der Waals surface area (Å²) in [4.78, 5) is 46.7. The minimum atomic E-state index is -0.290. The first-order chi connectivity index (χ1) is 21.7. The van der Waals surface area contributed by atoms with Crippen molar-refractivity contribution in [2.75, 3.05) is 26.9 Å². The molecule has 0 spiro atoms. The lowest BCUT2D eigenvalue weighted by atomic mass is 10.0. The number of ether oxygens (including phenoxy) is 2. The number of hydrogen-bond acceptors (Lipinski definition) is 7. The summed E-state index contributed by atoms with van der Waals surface area (Å²) >= 11 is 0. The molecule has 1 fully saturated rings. The van der Waals surface area contributed by atoms with Crippen molar-refractivity contribution in [3.63, 3.8) is 0 Å². The van der Waals surface area contributed by atoms with Crippen molar-refractivity contribution in [3.05, 3.63) is 82.9 Å². The number of nitrogens with zero attached hydrogens (tertiary/aromatic N) is 5. The SMILES string of the molecule is CCn1c(CN2C(=O)c3ccccc3C2=O)[n+](CC2CCOCC2)c2ccc(OCC(=O)N(C)Cc3nc(C)ccc3O)cc21. The van der Waals surface area contributed by atoms with Gasteiger partial charge in [0.1, 0.15) is 23.7 Å². The summed E-state index contributed by atoms with van der Waals surface area (Å²) in [5.74, 6) is 0.976. The molecule has 4 aromatic rings. The number of fused-ring (bicyclic) bond motifs is 2. The first-order valence-corrected chi connectivity index (χ1v) is 15.3. The number of aryl methyl sites for hydroxylation is 2. The lowest BCUT2D eigenvalue weighted by molar-refractivity contribution is -0.687. The number of aromatic hydroxyl groups is 1. The molecule has 2 aromatic heterocycles. The number of benzene rings is 2. The Morgan fingerprint density at radius 3 is 2.49 bits per heavy atom. The van der Waals surface area contributed by atoms with E-state index in [-0.39, 0.29) is 43.2 Å². The van der Waals surface area contributed by atoms with Crippen molar-refractivity contribution in [2.45, 2.75) is 52.9 Å². The molecule has 4 heterocycles. The van der Waals surface area contributed by atoms with Crippen LogP contribution < -0.4 is 9.30 Å². The molecule has 0 atom stereocenters. The van der Waals surface area contributed by atoms with Crippen LogP contribution in [0, 0.1) is 12.8 Å². The lowest BCUT2D eigenvalue weighted by Gasteiger charge is -2.21. The van der Waals surface area contributed by atoms with Crippen molar-refractivity contribution in [1.29, 1.82) is 0 Å². The van der Waals surface area contributed by atoms with Gasteiger partial charge in [0.05, 0.1) is 30.8 Å². The molecule has 3 amide bonds. The van der Waals surface area contributed by atoms with Gasteiger partial charge in [0.25, 0.3) is 23.5 Å². The number of carbonyl (C=O) groups excluding carboxylic acids is 3. The predicted octanol–water partition coefficient (Wildman–Crippen LogP) is 3.62.